The van der Waals surface area contributed by atoms with Gasteiger partial charge in [-0.3, -0.25) is 9.36 Å². The standard InChI is InChI=1S/C21H16F2N4O2S2/c1-29-17-6-3-2-5-16(17)27-20(18-7-4-10-30-18)25-26-21(27)31-12-19(28)24-15-9-8-13(22)11-14(15)23/h2-11H,12H2,1H3,(H,24,28). The molecule has 0 saturated heterocycles. The van der Waals surface area contributed by atoms with Gasteiger partial charge in [0.1, 0.15) is 17.4 Å². The third-order valence-corrected chi connectivity index (χ3v) is 6.03. The van der Waals surface area contributed by atoms with E-state index in [1.54, 1.807) is 7.11 Å². The Balaban J connectivity index is 1.60. The van der Waals surface area contributed by atoms with E-state index in [0.717, 1.165) is 28.4 Å². The van der Waals surface area contributed by atoms with Crippen molar-refractivity contribution in [3.8, 4) is 22.1 Å². The number of aromatic nitrogens is 3. The number of rotatable bonds is 7. The number of hydrogen-bond donors (Lipinski definition) is 1. The van der Waals surface area contributed by atoms with Crippen molar-refractivity contribution >= 4 is 34.7 Å². The number of methoxy groups -OCH3 is 1. The molecule has 0 unspecified atom stereocenters. The molecule has 4 rings (SSSR count). The molecule has 1 N–H and O–H groups in total. The molecule has 158 valence electrons. The van der Waals surface area contributed by atoms with E-state index < -0.39 is 17.5 Å². The average molecular weight is 459 g/mol. The highest BCUT2D eigenvalue weighted by molar-refractivity contribution is 7.99. The number of amides is 1. The van der Waals surface area contributed by atoms with Gasteiger partial charge < -0.3 is 10.1 Å². The molecule has 6 nitrogen and oxygen atoms in total. The van der Waals surface area contributed by atoms with E-state index in [-0.39, 0.29) is 11.4 Å². The van der Waals surface area contributed by atoms with Crippen molar-refractivity contribution in [1.29, 1.82) is 0 Å². The van der Waals surface area contributed by atoms with Crippen molar-refractivity contribution in [3.05, 3.63) is 71.6 Å². The fourth-order valence-corrected chi connectivity index (χ4v) is 4.31. The van der Waals surface area contributed by atoms with Gasteiger partial charge in [0.2, 0.25) is 5.91 Å². The molecule has 0 aliphatic rings. The number of halogens is 2. The normalized spacial score (nSPS) is 10.8. The molecule has 0 aliphatic carbocycles. The maximum atomic E-state index is 13.8. The summed E-state index contributed by atoms with van der Waals surface area (Å²) in [5, 5.41) is 13.4. The molecule has 0 aliphatic heterocycles. The van der Waals surface area contributed by atoms with Crippen molar-refractivity contribution in [3.63, 3.8) is 0 Å². The number of nitrogens with one attached hydrogen (secondary N) is 1. The lowest BCUT2D eigenvalue weighted by molar-refractivity contribution is -0.113. The number of nitrogens with zero attached hydrogens (tertiary/aromatic N) is 3. The zero-order chi connectivity index (χ0) is 21.8. The second-order valence-electron chi connectivity index (χ2n) is 6.25. The van der Waals surface area contributed by atoms with Crippen LogP contribution in [0.1, 0.15) is 0 Å². The third-order valence-electron chi connectivity index (χ3n) is 4.24. The Labute approximate surface area is 184 Å². The summed E-state index contributed by atoms with van der Waals surface area (Å²) < 4.78 is 34.2. The summed E-state index contributed by atoms with van der Waals surface area (Å²) >= 11 is 2.66. The van der Waals surface area contributed by atoms with Gasteiger partial charge in [-0.2, -0.15) is 0 Å². The van der Waals surface area contributed by atoms with Gasteiger partial charge in [0.15, 0.2) is 11.0 Å². The highest BCUT2D eigenvalue weighted by Gasteiger charge is 2.20. The summed E-state index contributed by atoms with van der Waals surface area (Å²) in [5.41, 5.74) is 0.642. The lowest BCUT2D eigenvalue weighted by Crippen LogP contribution is -2.15. The van der Waals surface area contributed by atoms with E-state index >= 15 is 0 Å². The monoisotopic (exact) mass is 458 g/mol. The number of ether oxygens (including phenoxy) is 1. The number of anilines is 1. The topological polar surface area (TPSA) is 69.0 Å². The molecule has 0 fully saturated rings. The third kappa shape index (κ3) is 4.59. The van der Waals surface area contributed by atoms with Crippen LogP contribution in [0.2, 0.25) is 0 Å². The molecule has 1 amide bonds. The molecule has 10 heteroatoms. The largest absolute Gasteiger partial charge is 0.495 e. The first-order valence-electron chi connectivity index (χ1n) is 9.07. The Bertz CT molecular complexity index is 1210. The van der Waals surface area contributed by atoms with E-state index in [2.05, 4.69) is 15.5 Å². The minimum absolute atomic E-state index is 0.0471. The Morgan fingerprint density at radius 1 is 1.16 bits per heavy atom. The van der Waals surface area contributed by atoms with Gasteiger partial charge in [-0.25, -0.2) is 8.78 Å². The molecule has 4 aromatic rings. The van der Waals surface area contributed by atoms with Crippen LogP contribution in [-0.4, -0.2) is 33.5 Å². The maximum Gasteiger partial charge on any atom is 0.234 e. The molecule has 0 saturated carbocycles. The van der Waals surface area contributed by atoms with Crippen LogP contribution < -0.4 is 10.1 Å². The second-order valence-corrected chi connectivity index (χ2v) is 8.14. The van der Waals surface area contributed by atoms with Crippen LogP contribution in [0, 0.1) is 11.6 Å². The molecule has 2 aromatic carbocycles. The van der Waals surface area contributed by atoms with E-state index in [9.17, 15) is 13.6 Å². The van der Waals surface area contributed by atoms with Gasteiger partial charge in [-0.1, -0.05) is 30.0 Å². The number of thiophene rings is 1. The molecule has 2 heterocycles. The lowest BCUT2D eigenvalue weighted by atomic mass is 10.3. The number of carbonyl (C=O) groups excluding carboxylic acids is 1. The van der Waals surface area contributed by atoms with Crippen LogP contribution in [0.3, 0.4) is 0 Å². The fourth-order valence-electron chi connectivity index (χ4n) is 2.87. The van der Waals surface area contributed by atoms with Crippen LogP contribution >= 0.6 is 23.1 Å². The van der Waals surface area contributed by atoms with Gasteiger partial charge in [-0.05, 0) is 35.7 Å². The van der Waals surface area contributed by atoms with Gasteiger partial charge in [0.25, 0.3) is 0 Å². The van der Waals surface area contributed by atoms with Crippen molar-refractivity contribution in [2.24, 2.45) is 0 Å². The summed E-state index contributed by atoms with van der Waals surface area (Å²) in [4.78, 5) is 13.3. The summed E-state index contributed by atoms with van der Waals surface area (Å²) in [6.07, 6.45) is 0. The number of para-hydroxylation sites is 2. The second kappa shape index (κ2) is 9.27. The molecule has 0 bridgehead atoms. The van der Waals surface area contributed by atoms with E-state index in [4.69, 9.17) is 4.74 Å². The van der Waals surface area contributed by atoms with E-state index in [1.807, 2.05) is 46.3 Å². The molecular formula is C21H16F2N4O2S2. The quantitative estimate of drug-likeness (QED) is 0.394. The smallest absolute Gasteiger partial charge is 0.234 e. The first-order chi connectivity index (χ1) is 15.1. The molecule has 31 heavy (non-hydrogen) atoms. The van der Waals surface area contributed by atoms with Crippen molar-refractivity contribution in [2.75, 3.05) is 18.2 Å². The minimum atomic E-state index is -0.837. The summed E-state index contributed by atoms with van der Waals surface area (Å²) in [7, 11) is 1.57. The summed E-state index contributed by atoms with van der Waals surface area (Å²) in [6.45, 7) is 0. The molecule has 0 spiro atoms. The maximum absolute atomic E-state index is 13.8. The first kappa shape index (κ1) is 21.0. The molecule has 0 radical (unpaired) electrons. The highest BCUT2D eigenvalue weighted by atomic mass is 32.2. The van der Waals surface area contributed by atoms with Crippen LogP contribution in [-0.2, 0) is 4.79 Å². The zero-order valence-electron chi connectivity index (χ0n) is 16.2. The van der Waals surface area contributed by atoms with Crippen LogP contribution in [0.25, 0.3) is 16.4 Å². The number of benzene rings is 2. The Kier molecular flexibility index (Phi) is 6.28. The fraction of sp³-hybridized carbons (Fsp3) is 0.0952. The van der Waals surface area contributed by atoms with Gasteiger partial charge in [-0.15, -0.1) is 21.5 Å². The predicted octanol–water partition coefficient (Wildman–Crippen LogP) is 5.01. The van der Waals surface area contributed by atoms with Crippen molar-refractivity contribution < 1.29 is 18.3 Å². The number of thioether (sulfide) groups is 1. The van der Waals surface area contributed by atoms with Crippen LogP contribution in [0.5, 0.6) is 5.75 Å². The zero-order valence-corrected chi connectivity index (χ0v) is 17.8. The van der Waals surface area contributed by atoms with Gasteiger partial charge in [0.05, 0.1) is 29.1 Å². The number of carbonyl (C=O) groups is 1. The Morgan fingerprint density at radius 3 is 2.74 bits per heavy atom. The van der Waals surface area contributed by atoms with E-state index in [0.29, 0.717) is 22.8 Å². The molecular weight excluding hydrogens is 442 g/mol. The molecule has 0 atom stereocenters. The lowest BCUT2D eigenvalue weighted by Gasteiger charge is -2.13. The SMILES string of the molecule is COc1ccccc1-n1c(SCC(=O)Nc2ccc(F)cc2F)nnc1-c1cccs1. The van der Waals surface area contributed by atoms with E-state index in [1.165, 1.54) is 17.4 Å². The van der Waals surface area contributed by atoms with Crippen LogP contribution in [0.15, 0.2) is 65.1 Å². The summed E-state index contributed by atoms with van der Waals surface area (Å²) in [6, 6.07) is 14.2. The van der Waals surface area contributed by atoms with Crippen molar-refractivity contribution in [2.45, 2.75) is 5.16 Å². The number of hydrogen-bond acceptors (Lipinski definition) is 6. The first-order valence-corrected chi connectivity index (χ1v) is 10.9. The average Bonchev–Trinajstić information content (AvgIpc) is 3.44. The molecule has 2 aromatic heterocycles. The van der Waals surface area contributed by atoms with Crippen molar-refractivity contribution in [1.82, 2.24) is 14.8 Å². The van der Waals surface area contributed by atoms with Gasteiger partial charge >= 0.3 is 0 Å². The summed E-state index contributed by atoms with van der Waals surface area (Å²) in [5.74, 6) is -0.810. The highest BCUT2D eigenvalue weighted by Crippen LogP contribution is 2.34. The Morgan fingerprint density at radius 2 is 2.00 bits per heavy atom. The predicted molar refractivity (Wildman–Crippen MR) is 117 cm³/mol. The van der Waals surface area contributed by atoms with Crippen LogP contribution in [0.4, 0.5) is 14.5 Å². The minimum Gasteiger partial charge on any atom is -0.495 e. The van der Waals surface area contributed by atoms with Gasteiger partial charge in [0, 0.05) is 6.07 Å². The Hall–Kier alpha value is -3.24.